The van der Waals surface area contributed by atoms with Crippen LogP contribution in [0.3, 0.4) is 0 Å². The van der Waals surface area contributed by atoms with Gasteiger partial charge in [-0.2, -0.15) is 10.1 Å². The van der Waals surface area contributed by atoms with Crippen LogP contribution in [0.2, 0.25) is 0 Å². The molecule has 4 aromatic rings. The van der Waals surface area contributed by atoms with E-state index < -0.39 is 0 Å². The Kier molecular flexibility index (Phi) is 4.13. The van der Waals surface area contributed by atoms with Gasteiger partial charge in [-0.15, -0.1) is 0 Å². The number of aromatic hydroxyl groups is 1. The molecule has 0 saturated heterocycles. The summed E-state index contributed by atoms with van der Waals surface area (Å²) in [6.07, 6.45) is 1.91. The summed E-state index contributed by atoms with van der Waals surface area (Å²) in [7, 11) is 0. The third-order valence-corrected chi connectivity index (χ3v) is 4.46. The molecule has 132 valence electrons. The summed E-state index contributed by atoms with van der Waals surface area (Å²) in [5, 5.41) is 20.2. The Hall–Kier alpha value is -3.20. The van der Waals surface area contributed by atoms with Crippen LogP contribution in [0.25, 0.3) is 4.96 Å². The number of hydrogen-bond donors (Lipinski definition) is 3. The lowest BCUT2D eigenvalue weighted by Crippen LogP contribution is -2.10. The molecule has 1 atom stereocenters. The van der Waals surface area contributed by atoms with E-state index in [4.69, 9.17) is 0 Å². The van der Waals surface area contributed by atoms with Crippen molar-refractivity contribution in [3.8, 4) is 5.75 Å². The second kappa shape index (κ2) is 6.60. The molecule has 8 nitrogen and oxygen atoms in total. The lowest BCUT2D eigenvalue weighted by molar-refractivity contribution is 0.475. The highest BCUT2D eigenvalue weighted by atomic mass is 32.1. The maximum atomic E-state index is 9.58. The van der Waals surface area contributed by atoms with Gasteiger partial charge in [0.25, 0.3) is 0 Å². The molecule has 26 heavy (non-hydrogen) atoms. The van der Waals surface area contributed by atoms with Gasteiger partial charge < -0.3 is 15.7 Å². The largest absolute Gasteiger partial charge is 0.508 e. The van der Waals surface area contributed by atoms with Gasteiger partial charge in [0.1, 0.15) is 17.1 Å². The second-order valence-electron chi connectivity index (χ2n) is 5.89. The maximum absolute atomic E-state index is 9.58. The van der Waals surface area contributed by atoms with Crippen LogP contribution in [-0.4, -0.2) is 29.7 Å². The van der Waals surface area contributed by atoms with Crippen molar-refractivity contribution in [2.45, 2.75) is 19.9 Å². The fourth-order valence-corrected chi connectivity index (χ4v) is 3.18. The van der Waals surface area contributed by atoms with Crippen molar-refractivity contribution in [2.24, 2.45) is 0 Å². The number of imidazole rings is 1. The van der Waals surface area contributed by atoms with E-state index in [-0.39, 0.29) is 11.8 Å². The van der Waals surface area contributed by atoms with E-state index >= 15 is 0 Å². The molecule has 4 rings (SSSR count). The first-order chi connectivity index (χ1) is 12.6. The van der Waals surface area contributed by atoms with Crippen molar-refractivity contribution in [3.63, 3.8) is 0 Å². The van der Waals surface area contributed by atoms with E-state index in [2.05, 4.69) is 30.7 Å². The molecule has 9 heteroatoms. The van der Waals surface area contributed by atoms with E-state index in [0.29, 0.717) is 11.8 Å². The molecule has 3 N–H and O–H groups in total. The van der Waals surface area contributed by atoms with E-state index in [9.17, 15) is 5.11 Å². The van der Waals surface area contributed by atoms with Crippen LogP contribution in [0.15, 0.2) is 42.0 Å². The lowest BCUT2D eigenvalue weighted by Gasteiger charge is -2.14. The van der Waals surface area contributed by atoms with Crippen LogP contribution >= 0.6 is 11.3 Å². The quantitative estimate of drug-likeness (QED) is 0.496. The van der Waals surface area contributed by atoms with E-state index in [1.165, 1.54) is 11.3 Å². The van der Waals surface area contributed by atoms with Gasteiger partial charge in [0.05, 0.1) is 17.9 Å². The summed E-state index contributed by atoms with van der Waals surface area (Å²) < 4.78 is 1.76. The third-order valence-electron chi connectivity index (χ3n) is 3.77. The SMILES string of the molecule is Cc1cc(N[C@@H](C)c2cn3ncsc3n2)nc(Nc2cccc(O)c2)n1. The molecule has 0 aliphatic rings. The van der Waals surface area contributed by atoms with Gasteiger partial charge in [-0.3, -0.25) is 0 Å². The molecule has 0 aliphatic carbocycles. The number of fused-ring (bicyclic) bond motifs is 1. The average Bonchev–Trinajstić information content (AvgIpc) is 3.15. The number of phenols is 1. The van der Waals surface area contributed by atoms with Gasteiger partial charge in [0, 0.05) is 23.5 Å². The summed E-state index contributed by atoms with van der Waals surface area (Å²) in [5.74, 6) is 1.33. The molecule has 0 amide bonds. The summed E-state index contributed by atoms with van der Waals surface area (Å²) >= 11 is 1.50. The van der Waals surface area contributed by atoms with Crippen molar-refractivity contribution in [1.82, 2.24) is 24.6 Å². The Labute approximate surface area is 153 Å². The number of nitrogens with one attached hydrogen (secondary N) is 2. The first-order valence-corrected chi connectivity index (χ1v) is 8.92. The molecule has 3 heterocycles. The van der Waals surface area contributed by atoms with Crippen molar-refractivity contribution in [2.75, 3.05) is 10.6 Å². The summed E-state index contributed by atoms with van der Waals surface area (Å²) in [4.78, 5) is 14.3. The first kappa shape index (κ1) is 16.3. The zero-order valence-electron chi connectivity index (χ0n) is 14.2. The summed E-state index contributed by atoms with van der Waals surface area (Å²) in [5.41, 5.74) is 4.19. The van der Waals surface area contributed by atoms with E-state index in [1.54, 1.807) is 28.2 Å². The number of rotatable bonds is 5. The van der Waals surface area contributed by atoms with Gasteiger partial charge >= 0.3 is 0 Å². The highest BCUT2D eigenvalue weighted by Gasteiger charge is 2.13. The Balaban J connectivity index is 1.54. The Morgan fingerprint density at radius 1 is 1.19 bits per heavy atom. The molecule has 0 fully saturated rings. The van der Waals surface area contributed by atoms with Gasteiger partial charge in [0.2, 0.25) is 10.9 Å². The summed E-state index contributed by atoms with van der Waals surface area (Å²) in [6.45, 7) is 3.92. The third kappa shape index (κ3) is 3.42. The lowest BCUT2D eigenvalue weighted by atomic mass is 10.2. The number of benzene rings is 1. The number of anilines is 3. The standard InChI is InChI=1S/C17H17N7OS/c1-10-6-15(20-11(2)14-8-24-17(22-14)26-9-18-24)23-16(19-10)21-12-4-3-5-13(25)7-12/h3-9,11,25H,1-2H3,(H2,19,20,21,23)/t11-/m0/s1. The summed E-state index contributed by atoms with van der Waals surface area (Å²) in [6, 6.07) is 8.67. The molecule has 0 saturated carbocycles. The molecule has 0 spiro atoms. The van der Waals surface area contributed by atoms with Crippen molar-refractivity contribution < 1.29 is 5.11 Å². The van der Waals surface area contributed by atoms with Crippen LogP contribution < -0.4 is 10.6 Å². The average molecular weight is 367 g/mol. The number of nitrogens with zero attached hydrogens (tertiary/aromatic N) is 5. The minimum absolute atomic E-state index is 0.0354. The van der Waals surface area contributed by atoms with E-state index in [0.717, 1.165) is 22.0 Å². The van der Waals surface area contributed by atoms with Gasteiger partial charge in [-0.25, -0.2) is 14.5 Å². The Morgan fingerprint density at radius 3 is 2.88 bits per heavy atom. The first-order valence-electron chi connectivity index (χ1n) is 8.04. The normalized spacial score (nSPS) is 12.2. The highest BCUT2D eigenvalue weighted by Crippen LogP contribution is 2.22. The van der Waals surface area contributed by atoms with Crippen LogP contribution in [0.1, 0.15) is 24.4 Å². The molecule has 0 unspecified atom stereocenters. The monoisotopic (exact) mass is 367 g/mol. The molecule has 3 aromatic heterocycles. The van der Waals surface area contributed by atoms with Crippen molar-refractivity contribution in [1.29, 1.82) is 0 Å². The van der Waals surface area contributed by atoms with Crippen molar-refractivity contribution >= 4 is 33.8 Å². The van der Waals surface area contributed by atoms with Gasteiger partial charge in [-0.05, 0) is 26.0 Å². The van der Waals surface area contributed by atoms with Gasteiger partial charge in [0.15, 0.2) is 0 Å². The predicted octanol–water partition coefficient (Wildman–Crippen LogP) is 3.51. The van der Waals surface area contributed by atoms with E-state index in [1.807, 2.05) is 32.2 Å². The molecular weight excluding hydrogens is 350 g/mol. The topological polar surface area (TPSA) is 100 Å². The van der Waals surface area contributed by atoms with Crippen LogP contribution in [-0.2, 0) is 0 Å². The molecule has 1 aromatic carbocycles. The molecule has 0 aliphatic heterocycles. The molecule has 0 radical (unpaired) electrons. The Morgan fingerprint density at radius 2 is 2.08 bits per heavy atom. The minimum atomic E-state index is -0.0354. The fourth-order valence-electron chi connectivity index (χ4n) is 2.57. The maximum Gasteiger partial charge on any atom is 0.229 e. The Bertz CT molecular complexity index is 1030. The molecule has 0 bridgehead atoms. The van der Waals surface area contributed by atoms with Gasteiger partial charge in [-0.1, -0.05) is 17.4 Å². The van der Waals surface area contributed by atoms with Crippen LogP contribution in [0, 0.1) is 6.92 Å². The minimum Gasteiger partial charge on any atom is -0.508 e. The number of aromatic nitrogens is 5. The zero-order chi connectivity index (χ0) is 18.1. The fraction of sp³-hybridized carbons (Fsp3) is 0.176. The molecular formula is C17H17N7OS. The second-order valence-corrected chi connectivity index (χ2v) is 6.70. The number of aryl methyl sites for hydroxylation is 1. The van der Waals surface area contributed by atoms with Crippen molar-refractivity contribution in [3.05, 3.63) is 53.4 Å². The number of phenolic OH excluding ortho intramolecular Hbond substituents is 1. The van der Waals surface area contributed by atoms with Crippen LogP contribution in [0.4, 0.5) is 17.5 Å². The highest BCUT2D eigenvalue weighted by molar-refractivity contribution is 7.14. The smallest absolute Gasteiger partial charge is 0.229 e. The van der Waals surface area contributed by atoms with Crippen LogP contribution in [0.5, 0.6) is 5.75 Å². The predicted molar refractivity (Wildman–Crippen MR) is 101 cm³/mol. The number of hydrogen-bond acceptors (Lipinski definition) is 8. The zero-order valence-corrected chi connectivity index (χ0v) is 15.0.